The number of fused-ring (bicyclic) bond motifs is 1. The topological polar surface area (TPSA) is 109 Å². The van der Waals surface area contributed by atoms with Crippen LogP contribution in [0.3, 0.4) is 0 Å². The van der Waals surface area contributed by atoms with E-state index in [9.17, 15) is 14.4 Å². The van der Waals surface area contributed by atoms with Crippen molar-refractivity contribution in [3.63, 3.8) is 0 Å². The molecular formula is C22H20N4O3S. The molecule has 7 nitrogen and oxygen atoms in total. The van der Waals surface area contributed by atoms with Crippen molar-refractivity contribution in [1.82, 2.24) is 14.9 Å². The van der Waals surface area contributed by atoms with Crippen molar-refractivity contribution >= 4 is 23.6 Å². The van der Waals surface area contributed by atoms with Crippen LogP contribution in [0.2, 0.25) is 0 Å². The predicted molar refractivity (Wildman–Crippen MR) is 114 cm³/mol. The van der Waals surface area contributed by atoms with Crippen molar-refractivity contribution in [2.24, 2.45) is 5.73 Å². The summed E-state index contributed by atoms with van der Waals surface area (Å²) in [6.45, 7) is 0.842. The summed E-state index contributed by atoms with van der Waals surface area (Å²) in [5.41, 5.74) is 8.64. The maximum Gasteiger partial charge on any atom is 0.254 e. The van der Waals surface area contributed by atoms with Gasteiger partial charge in [-0.3, -0.25) is 14.4 Å². The zero-order valence-electron chi connectivity index (χ0n) is 16.1. The van der Waals surface area contributed by atoms with Gasteiger partial charge in [0.1, 0.15) is 0 Å². The highest BCUT2D eigenvalue weighted by molar-refractivity contribution is 7.98. The molecular weight excluding hydrogens is 400 g/mol. The number of thioether (sulfide) groups is 1. The van der Waals surface area contributed by atoms with E-state index >= 15 is 0 Å². The smallest absolute Gasteiger partial charge is 0.254 e. The lowest BCUT2D eigenvalue weighted by Crippen LogP contribution is -2.38. The van der Waals surface area contributed by atoms with Crippen LogP contribution in [0.15, 0.2) is 64.5 Å². The van der Waals surface area contributed by atoms with E-state index in [1.165, 1.54) is 6.33 Å². The number of nitrogens with one attached hydrogen (secondary N) is 1. The maximum atomic E-state index is 12.8. The monoisotopic (exact) mass is 420 g/mol. The first-order valence-corrected chi connectivity index (χ1v) is 10.5. The molecule has 4 rings (SSSR count). The lowest BCUT2D eigenvalue weighted by molar-refractivity contribution is 0.0731. The molecule has 0 saturated heterocycles. The van der Waals surface area contributed by atoms with E-state index in [0.29, 0.717) is 41.9 Å². The van der Waals surface area contributed by atoms with E-state index in [-0.39, 0.29) is 11.5 Å². The van der Waals surface area contributed by atoms with Crippen molar-refractivity contribution in [3.05, 3.63) is 93.2 Å². The van der Waals surface area contributed by atoms with E-state index in [4.69, 9.17) is 5.73 Å². The van der Waals surface area contributed by atoms with Gasteiger partial charge in [-0.1, -0.05) is 12.1 Å². The molecule has 2 aromatic carbocycles. The summed E-state index contributed by atoms with van der Waals surface area (Å²) in [6, 6.07) is 14.7. The molecule has 1 aliphatic rings. The van der Waals surface area contributed by atoms with Gasteiger partial charge in [-0.2, -0.15) is 0 Å². The number of benzene rings is 2. The summed E-state index contributed by atoms with van der Waals surface area (Å²) < 4.78 is 0. The van der Waals surface area contributed by atoms with Crippen LogP contribution < -0.4 is 11.3 Å². The Kier molecular flexibility index (Phi) is 5.67. The largest absolute Gasteiger partial charge is 0.366 e. The number of nitrogens with two attached hydrogens (primary N) is 1. The molecule has 0 aliphatic carbocycles. The molecule has 0 bridgehead atoms. The molecule has 0 radical (unpaired) electrons. The fraction of sp³-hybridized carbons (Fsp3) is 0.182. The van der Waals surface area contributed by atoms with Gasteiger partial charge < -0.3 is 15.6 Å². The summed E-state index contributed by atoms with van der Waals surface area (Å²) in [7, 11) is 0. The average Bonchev–Trinajstić information content (AvgIpc) is 2.78. The first-order chi connectivity index (χ1) is 14.5. The summed E-state index contributed by atoms with van der Waals surface area (Å²) in [5, 5.41) is 0. The van der Waals surface area contributed by atoms with Gasteiger partial charge in [0.05, 0.1) is 18.6 Å². The molecule has 8 heteroatoms. The Balaban J connectivity index is 1.38. The molecule has 30 heavy (non-hydrogen) atoms. The Bertz CT molecular complexity index is 1140. The molecule has 0 atom stereocenters. The van der Waals surface area contributed by atoms with Crippen LogP contribution in [0.5, 0.6) is 0 Å². The average molecular weight is 420 g/mol. The second-order valence-electron chi connectivity index (χ2n) is 7.01. The highest BCUT2D eigenvalue weighted by atomic mass is 32.2. The third kappa shape index (κ3) is 4.28. The highest BCUT2D eigenvalue weighted by Gasteiger charge is 2.24. The number of amides is 2. The number of rotatable bonds is 5. The van der Waals surface area contributed by atoms with Gasteiger partial charge in [-0.05, 0) is 48.4 Å². The molecule has 152 valence electrons. The molecule has 1 aliphatic heterocycles. The number of primary amides is 1. The molecule has 3 aromatic rings. The minimum absolute atomic E-state index is 0.0682. The van der Waals surface area contributed by atoms with Gasteiger partial charge in [0.15, 0.2) is 0 Å². The molecule has 0 saturated carbocycles. The molecule has 2 amide bonds. The Morgan fingerprint density at radius 3 is 2.47 bits per heavy atom. The van der Waals surface area contributed by atoms with Crippen molar-refractivity contribution < 1.29 is 9.59 Å². The van der Waals surface area contributed by atoms with Gasteiger partial charge in [0.25, 0.3) is 11.5 Å². The number of nitrogens with zero attached hydrogens (tertiary/aromatic N) is 2. The van der Waals surface area contributed by atoms with Crippen LogP contribution in [0.25, 0.3) is 0 Å². The number of carbonyl (C=O) groups excluding carboxylic acids is 2. The molecule has 0 spiro atoms. The van der Waals surface area contributed by atoms with Crippen LogP contribution in [0.1, 0.15) is 37.5 Å². The third-order valence-corrected chi connectivity index (χ3v) is 6.13. The van der Waals surface area contributed by atoms with E-state index in [1.54, 1.807) is 28.8 Å². The fourth-order valence-electron chi connectivity index (χ4n) is 3.35. The number of hydrogen-bond donors (Lipinski definition) is 2. The van der Waals surface area contributed by atoms with Crippen LogP contribution in [0, 0.1) is 0 Å². The molecule has 3 N–H and O–H groups in total. The molecule has 2 heterocycles. The number of aromatic nitrogens is 2. The Morgan fingerprint density at radius 1 is 1.07 bits per heavy atom. The zero-order chi connectivity index (χ0) is 21.1. The van der Waals surface area contributed by atoms with Crippen molar-refractivity contribution in [2.75, 3.05) is 6.54 Å². The number of hydrogen-bond acceptors (Lipinski definition) is 5. The van der Waals surface area contributed by atoms with Gasteiger partial charge in [-0.25, -0.2) is 4.98 Å². The van der Waals surface area contributed by atoms with E-state index in [0.717, 1.165) is 16.2 Å². The Hall–Kier alpha value is -3.39. The Labute approximate surface area is 177 Å². The second kappa shape index (κ2) is 8.54. The summed E-state index contributed by atoms with van der Waals surface area (Å²) in [4.78, 5) is 45.4. The van der Waals surface area contributed by atoms with E-state index < -0.39 is 5.91 Å². The minimum atomic E-state index is -0.436. The van der Waals surface area contributed by atoms with E-state index in [2.05, 4.69) is 9.97 Å². The van der Waals surface area contributed by atoms with E-state index in [1.807, 2.05) is 36.4 Å². The predicted octanol–water partition coefficient (Wildman–Crippen LogP) is 2.36. The van der Waals surface area contributed by atoms with Gasteiger partial charge in [-0.15, -0.1) is 11.8 Å². The van der Waals surface area contributed by atoms with Crippen LogP contribution in [-0.2, 0) is 18.7 Å². The normalized spacial score (nSPS) is 13.0. The van der Waals surface area contributed by atoms with Crippen molar-refractivity contribution in [2.45, 2.75) is 23.6 Å². The molecule has 0 fully saturated rings. The number of aromatic amines is 1. The van der Waals surface area contributed by atoms with Crippen molar-refractivity contribution in [1.29, 1.82) is 0 Å². The number of H-pyrrole nitrogens is 1. The maximum absolute atomic E-state index is 12.8. The highest BCUT2D eigenvalue weighted by Crippen LogP contribution is 2.24. The quantitative estimate of drug-likeness (QED) is 0.616. The fourth-order valence-corrected chi connectivity index (χ4v) is 4.20. The molecule has 0 unspecified atom stereocenters. The number of carbonyl (C=O) groups is 2. The van der Waals surface area contributed by atoms with Crippen LogP contribution in [0.4, 0.5) is 0 Å². The standard InChI is InChI=1S/C22H20N4O3S/c23-20(27)15-3-1-14(2-4-15)12-30-17-7-5-16(6-8-17)22(29)26-10-9-18-19(11-26)24-13-25-21(18)28/h1-8,13H,9-12H2,(H2,23,27)(H,24,25,28). The Morgan fingerprint density at radius 2 is 1.77 bits per heavy atom. The van der Waals surface area contributed by atoms with Gasteiger partial charge >= 0.3 is 0 Å². The SMILES string of the molecule is NC(=O)c1ccc(CSc2ccc(C(=O)N3CCc4c(nc[nH]c4=O)C3)cc2)cc1. The zero-order valence-corrected chi connectivity index (χ0v) is 16.9. The lowest BCUT2D eigenvalue weighted by atomic mass is 10.1. The first-order valence-electron chi connectivity index (χ1n) is 9.47. The second-order valence-corrected chi connectivity index (χ2v) is 8.06. The van der Waals surface area contributed by atoms with Crippen LogP contribution >= 0.6 is 11.8 Å². The molecule has 1 aromatic heterocycles. The third-order valence-electron chi connectivity index (χ3n) is 5.04. The van der Waals surface area contributed by atoms with Crippen molar-refractivity contribution in [3.8, 4) is 0 Å². The van der Waals surface area contributed by atoms with Crippen LogP contribution in [-0.4, -0.2) is 33.2 Å². The van der Waals surface area contributed by atoms with Gasteiger partial charge in [0.2, 0.25) is 5.91 Å². The first kappa shape index (κ1) is 19.9. The van der Waals surface area contributed by atoms with Gasteiger partial charge in [0, 0.05) is 33.9 Å². The minimum Gasteiger partial charge on any atom is -0.366 e. The lowest BCUT2D eigenvalue weighted by Gasteiger charge is -2.27. The summed E-state index contributed by atoms with van der Waals surface area (Å²) in [6.07, 6.45) is 1.88. The summed E-state index contributed by atoms with van der Waals surface area (Å²) >= 11 is 1.65. The summed E-state index contributed by atoms with van der Waals surface area (Å²) in [5.74, 6) is 0.241.